The third-order valence-corrected chi connectivity index (χ3v) is 2.65. The third-order valence-electron chi connectivity index (χ3n) is 2.04. The summed E-state index contributed by atoms with van der Waals surface area (Å²) < 4.78 is 0. The number of rotatable bonds is 4. The van der Waals surface area contributed by atoms with Gasteiger partial charge in [0.25, 0.3) is 5.91 Å². The quantitative estimate of drug-likeness (QED) is 0.809. The predicted molar refractivity (Wildman–Crippen MR) is 69.6 cm³/mol. The van der Waals surface area contributed by atoms with E-state index >= 15 is 0 Å². The first-order chi connectivity index (χ1) is 7.50. The number of likely N-dealkylation sites (N-methyl/N-ethyl adjacent to an activating group) is 1. The molecule has 0 saturated heterocycles. The van der Waals surface area contributed by atoms with Crippen LogP contribution < -0.4 is 5.32 Å². The molecule has 16 heavy (non-hydrogen) atoms. The Morgan fingerprint density at radius 2 is 2.19 bits per heavy atom. The van der Waals surface area contributed by atoms with Crippen molar-refractivity contribution in [3.63, 3.8) is 0 Å². The Balaban J connectivity index is 2.62. The van der Waals surface area contributed by atoms with Gasteiger partial charge in [-0.3, -0.25) is 4.79 Å². The molecule has 0 aliphatic carbocycles. The van der Waals surface area contributed by atoms with Gasteiger partial charge < -0.3 is 10.2 Å². The maximum atomic E-state index is 11.8. The minimum Gasteiger partial charge on any atom is -0.351 e. The molecule has 1 rings (SSSR count). The molecule has 0 fully saturated rings. The summed E-state index contributed by atoms with van der Waals surface area (Å²) in [5.74, 6) is -0.164. The van der Waals surface area contributed by atoms with E-state index in [9.17, 15) is 4.79 Å². The molecule has 0 atom stereocenters. The van der Waals surface area contributed by atoms with Crippen LogP contribution in [0, 0.1) is 0 Å². The van der Waals surface area contributed by atoms with Crippen molar-refractivity contribution in [2.75, 3.05) is 27.2 Å². The summed E-state index contributed by atoms with van der Waals surface area (Å²) in [6.45, 7) is 1.39. The average Bonchev–Trinajstić information content (AvgIpc) is 2.21. The van der Waals surface area contributed by atoms with Crippen LogP contribution in [0.1, 0.15) is 10.4 Å². The Bertz CT molecular complexity index is 382. The van der Waals surface area contributed by atoms with Crippen LogP contribution in [0.25, 0.3) is 0 Å². The fourth-order valence-electron chi connectivity index (χ4n) is 1.18. The van der Waals surface area contributed by atoms with Gasteiger partial charge in [0, 0.05) is 18.0 Å². The summed E-state index contributed by atoms with van der Waals surface area (Å²) in [4.78, 5) is 14.5. The molecule has 0 spiro atoms. The molecular formula is C11H15ClN2OS. The van der Waals surface area contributed by atoms with Crippen molar-refractivity contribution in [3.05, 3.63) is 28.8 Å². The number of benzene rings is 1. The van der Waals surface area contributed by atoms with E-state index in [1.165, 1.54) is 0 Å². The van der Waals surface area contributed by atoms with Gasteiger partial charge in [0.15, 0.2) is 0 Å². The highest BCUT2D eigenvalue weighted by Crippen LogP contribution is 2.19. The topological polar surface area (TPSA) is 32.3 Å². The Morgan fingerprint density at radius 1 is 1.50 bits per heavy atom. The number of halogens is 1. The molecule has 5 heteroatoms. The van der Waals surface area contributed by atoms with Crippen molar-refractivity contribution in [3.8, 4) is 0 Å². The number of amides is 1. The monoisotopic (exact) mass is 258 g/mol. The first kappa shape index (κ1) is 13.4. The van der Waals surface area contributed by atoms with Crippen molar-refractivity contribution >= 4 is 30.1 Å². The van der Waals surface area contributed by atoms with Gasteiger partial charge in [0.05, 0.1) is 10.6 Å². The number of carbonyl (C=O) groups is 1. The van der Waals surface area contributed by atoms with Gasteiger partial charge in [-0.15, -0.1) is 12.6 Å². The van der Waals surface area contributed by atoms with E-state index in [0.717, 1.165) is 11.4 Å². The molecule has 0 bridgehead atoms. The van der Waals surface area contributed by atoms with Crippen LogP contribution in [0.4, 0.5) is 0 Å². The minimum absolute atomic E-state index is 0.164. The highest BCUT2D eigenvalue weighted by atomic mass is 35.5. The fraction of sp³-hybridized carbons (Fsp3) is 0.364. The van der Waals surface area contributed by atoms with Gasteiger partial charge in [0.2, 0.25) is 0 Å². The maximum absolute atomic E-state index is 11.8. The van der Waals surface area contributed by atoms with Gasteiger partial charge in [-0.2, -0.15) is 0 Å². The molecule has 88 valence electrons. The zero-order chi connectivity index (χ0) is 12.1. The van der Waals surface area contributed by atoms with Crippen LogP contribution in [-0.2, 0) is 0 Å². The SMILES string of the molecule is CN(C)CCNC(=O)c1cc(S)ccc1Cl. The number of nitrogens with one attached hydrogen (secondary N) is 1. The van der Waals surface area contributed by atoms with Gasteiger partial charge in [-0.1, -0.05) is 11.6 Å². The van der Waals surface area contributed by atoms with E-state index < -0.39 is 0 Å². The van der Waals surface area contributed by atoms with Crippen LogP contribution in [0.15, 0.2) is 23.1 Å². The normalized spacial score (nSPS) is 10.6. The molecule has 0 saturated carbocycles. The molecule has 0 aliphatic heterocycles. The summed E-state index contributed by atoms with van der Waals surface area (Å²) in [7, 11) is 3.90. The van der Waals surface area contributed by atoms with Gasteiger partial charge in [0.1, 0.15) is 0 Å². The minimum atomic E-state index is -0.164. The summed E-state index contributed by atoms with van der Waals surface area (Å²) in [5, 5.41) is 3.24. The van der Waals surface area contributed by atoms with Crippen LogP contribution in [-0.4, -0.2) is 38.0 Å². The standard InChI is InChI=1S/C11H15ClN2OS/c1-14(2)6-5-13-11(15)9-7-8(16)3-4-10(9)12/h3-4,7,16H,5-6H2,1-2H3,(H,13,15). The van der Waals surface area contributed by atoms with Crippen LogP contribution in [0.2, 0.25) is 5.02 Å². The molecule has 1 aromatic carbocycles. The molecule has 0 radical (unpaired) electrons. The van der Waals surface area contributed by atoms with E-state index in [-0.39, 0.29) is 5.91 Å². The molecular weight excluding hydrogens is 244 g/mol. The lowest BCUT2D eigenvalue weighted by Crippen LogP contribution is -2.31. The molecule has 0 unspecified atom stereocenters. The highest BCUT2D eigenvalue weighted by Gasteiger charge is 2.09. The zero-order valence-electron chi connectivity index (χ0n) is 9.33. The van der Waals surface area contributed by atoms with Crippen LogP contribution in [0.3, 0.4) is 0 Å². The zero-order valence-corrected chi connectivity index (χ0v) is 11.0. The third kappa shape index (κ3) is 4.04. The number of nitrogens with zero attached hydrogens (tertiary/aromatic N) is 1. The second-order valence-electron chi connectivity index (χ2n) is 3.72. The summed E-state index contributed by atoms with van der Waals surface area (Å²) >= 11 is 10.1. The highest BCUT2D eigenvalue weighted by molar-refractivity contribution is 7.80. The Kier molecular flexibility index (Phi) is 5.12. The smallest absolute Gasteiger partial charge is 0.252 e. The number of hydrogen-bond donors (Lipinski definition) is 2. The van der Waals surface area contributed by atoms with Crippen LogP contribution >= 0.6 is 24.2 Å². The van der Waals surface area contributed by atoms with E-state index in [2.05, 4.69) is 17.9 Å². The van der Waals surface area contributed by atoms with E-state index in [0.29, 0.717) is 17.1 Å². The van der Waals surface area contributed by atoms with Crippen molar-refractivity contribution < 1.29 is 4.79 Å². The van der Waals surface area contributed by atoms with E-state index in [1.807, 2.05) is 19.0 Å². The van der Waals surface area contributed by atoms with Crippen molar-refractivity contribution in [2.24, 2.45) is 0 Å². The lowest BCUT2D eigenvalue weighted by Gasteiger charge is -2.11. The Hall–Kier alpha value is -0.710. The average molecular weight is 259 g/mol. The Labute approximate surface area is 106 Å². The van der Waals surface area contributed by atoms with Gasteiger partial charge >= 0.3 is 0 Å². The molecule has 0 aliphatic rings. The van der Waals surface area contributed by atoms with Crippen LogP contribution in [0.5, 0.6) is 0 Å². The molecule has 3 nitrogen and oxygen atoms in total. The summed E-state index contributed by atoms with van der Waals surface area (Å²) in [6, 6.07) is 5.09. The van der Waals surface area contributed by atoms with E-state index in [1.54, 1.807) is 18.2 Å². The maximum Gasteiger partial charge on any atom is 0.252 e. The van der Waals surface area contributed by atoms with Crippen molar-refractivity contribution in [2.45, 2.75) is 4.90 Å². The largest absolute Gasteiger partial charge is 0.351 e. The molecule has 0 heterocycles. The molecule has 1 amide bonds. The number of carbonyl (C=O) groups excluding carboxylic acids is 1. The second-order valence-corrected chi connectivity index (χ2v) is 4.65. The molecule has 0 aromatic heterocycles. The fourth-order valence-corrected chi connectivity index (χ4v) is 1.58. The number of hydrogen-bond acceptors (Lipinski definition) is 3. The number of thiol groups is 1. The van der Waals surface area contributed by atoms with Crippen molar-refractivity contribution in [1.82, 2.24) is 10.2 Å². The molecule has 1 aromatic rings. The summed E-state index contributed by atoms with van der Waals surface area (Å²) in [6.07, 6.45) is 0. The second kappa shape index (κ2) is 6.13. The van der Waals surface area contributed by atoms with Crippen molar-refractivity contribution in [1.29, 1.82) is 0 Å². The summed E-state index contributed by atoms with van der Waals surface area (Å²) in [5.41, 5.74) is 0.466. The van der Waals surface area contributed by atoms with E-state index in [4.69, 9.17) is 11.6 Å². The Morgan fingerprint density at radius 3 is 2.81 bits per heavy atom. The first-order valence-electron chi connectivity index (χ1n) is 4.92. The lowest BCUT2D eigenvalue weighted by atomic mass is 10.2. The molecule has 1 N–H and O–H groups in total. The van der Waals surface area contributed by atoms with Gasteiger partial charge in [-0.25, -0.2) is 0 Å². The van der Waals surface area contributed by atoms with Gasteiger partial charge in [-0.05, 0) is 32.3 Å². The predicted octanol–water partition coefficient (Wildman–Crippen LogP) is 1.92. The lowest BCUT2D eigenvalue weighted by molar-refractivity contribution is 0.0951. The first-order valence-corrected chi connectivity index (χ1v) is 5.74.